The van der Waals surface area contributed by atoms with E-state index < -0.39 is 6.04 Å². The summed E-state index contributed by atoms with van der Waals surface area (Å²) in [6.45, 7) is 0. The lowest BCUT2D eigenvalue weighted by atomic mass is 9.94. The van der Waals surface area contributed by atoms with Crippen LogP contribution in [0.4, 0.5) is 8.78 Å². The maximum atomic E-state index is 13.9. The molecule has 1 nitrogen and oxygen atoms in total. The van der Waals surface area contributed by atoms with Crippen LogP contribution in [0.1, 0.15) is 17.2 Å². The predicted octanol–water partition coefficient (Wildman–Crippen LogP) is 4.93. The van der Waals surface area contributed by atoms with E-state index in [9.17, 15) is 8.78 Å². The quantitative estimate of drug-likeness (QED) is 0.698. The first kappa shape index (κ1) is 14.2. The maximum absolute atomic E-state index is 13.9. The second-order valence-corrected chi connectivity index (χ2v) is 5.69. The SMILES string of the molecule is NC(c1ccc(F)c(Br)c1)c1ccc(F)c2ccccc12. The standard InChI is InChI=1S/C17H12BrF2N/c18-14-9-10(5-7-16(14)20)17(21)13-6-8-15(19)12-4-2-1-3-11(12)13/h1-9,17H,21H2. The summed E-state index contributed by atoms with van der Waals surface area (Å²) in [7, 11) is 0. The van der Waals surface area contributed by atoms with Crippen molar-refractivity contribution in [3.8, 4) is 0 Å². The van der Waals surface area contributed by atoms with E-state index in [4.69, 9.17) is 5.73 Å². The molecule has 0 aliphatic rings. The Morgan fingerprint density at radius 2 is 1.52 bits per heavy atom. The zero-order chi connectivity index (χ0) is 15.0. The van der Waals surface area contributed by atoms with E-state index in [1.165, 1.54) is 12.1 Å². The van der Waals surface area contributed by atoms with Crippen molar-refractivity contribution >= 4 is 26.7 Å². The second-order valence-electron chi connectivity index (χ2n) is 4.83. The fraction of sp³-hybridized carbons (Fsp3) is 0.0588. The van der Waals surface area contributed by atoms with Gasteiger partial charge in [0.2, 0.25) is 0 Å². The van der Waals surface area contributed by atoms with Crippen LogP contribution in [-0.2, 0) is 0 Å². The summed E-state index contributed by atoms with van der Waals surface area (Å²) in [5, 5.41) is 1.30. The maximum Gasteiger partial charge on any atom is 0.137 e. The minimum atomic E-state index is -0.451. The van der Waals surface area contributed by atoms with Crippen molar-refractivity contribution in [2.45, 2.75) is 6.04 Å². The van der Waals surface area contributed by atoms with Crippen LogP contribution in [0, 0.1) is 11.6 Å². The van der Waals surface area contributed by atoms with Gasteiger partial charge in [0.05, 0.1) is 10.5 Å². The molecule has 3 rings (SSSR count). The molecule has 0 bridgehead atoms. The summed E-state index contributed by atoms with van der Waals surface area (Å²) in [4.78, 5) is 0. The molecule has 0 aliphatic carbocycles. The van der Waals surface area contributed by atoms with Crippen molar-refractivity contribution in [3.05, 3.63) is 81.8 Å². The Balaban J connectivity index is 2.15. The van der Waals surface area contributed by atoms with Gasteiger partial charge in [0.25, 0.3) is 0 Å². The summed E-state index contributed by atoms with van der Waals surface area (Å²) >= 11 is 3.16. The molecule has 3 aromatic carbocycles. The van der Waals surface area contributed by atoms with Crippen molar-refractivity contribution in [2.24, 2.45) is 5.73 Å². The van der Waals surface area contributed by atoms with Crippen LogP contribution in [-0.4, -0.2) is 0 Å². The van der Waals surface area contributed by atoms with Crippen molar-refractivity contribution in [2.75, 3.05) is 0 Å². The molecule has 0 fully saturated rings. The van der Waals surface area contributed by atoms with Crippen LogP contribution < -0.4 is 5.73 Å². The molecule has 0 radical (unpaired) electrons. The van der Waals surface area contributed by atoms with Gasteiger partial charge < -0.3 is 5.73 Å². The van der Waals surface area contributed by atoms with Gasteiger partial charge in [-0.2, -0.15) is 0 Å². The van der Waals surface area contributed by atoms with E-state index in [0.29, 0.717) is 9.86 Å². The van der Waals surface area contributed by atoms with Gasteiger partial charge in [-0.1, -0.05) is 36.4 Å². The lowest BCUT2D eigenvalue weighted by Crippen LogP contribution is -2.12. The van der Waals surface area contributed by atoms with Crippen LogP contribution in [0.5, 0.6) is 0 Å². The Kier molecular flexibility index (Phi) is 3.74. The molecule has 3 aromatic rings. The second kappa shape index (κ2) is 5.54. The number of nitrogens with two attached hydrogens (primary N) is 1. The molecule has 0 aromatic heterocycles. The zero-order valence-corrected chi connectivity index (χ0v) is 12.6. The van der Waals surface area contributed by atoms with E-state index in [1.54, 1.807) is 30.3 Å². The van der Waals surface area contributed by atoms with Crippen LogP contribution in [0.25, 0.3) is 10.8 Å². The Bertz CT molecular complexity index is 817. The van der Waals surface area contributed by atoms with E-state index in [0.717, 1.165) is 16.5 Å². The van der Waals surface area contributed by atoms with Crippen LogP contribution >= 0.6 is 15.9 Å². The van der Waals surface area contributed by atoms with E-state index in [-0.39, 0.29) is 11.6 Å². The average molecular weight is 348 g/mol. The Morgan fingerprint density at radius 1 is 0.857 bits per heavy atom. The van der Waals surface area contributed by atoms with Crippen molar-refractivity contribution < 1.29 is 8.78 Å². The molecule has 0 saturated carbocycles. The lowest BCUT2D eigenvalue weighted by Gasteiger charge is -2.16. The molecule has 0 spiro atoms. The fourth-order valence-corrected chi connectivity index (χ4v) is 2.84. The first-order valence-corrected chi connectivity index (χ1v) is 7.25. The van der Waals surface area contributed by atoms with Gasteiger partial charge in [0.15, 0.2) is 0 Å². The van der Waals surface area contributed by atoms with E-state index >= 15 is 0 Å². The third kappa shape index (κ3) is 2.57. The van der Waals surface area contributed by atoms with Gasteiger partial charge in [0, 0.05) is 5.39 Å². The number of benzene rings is 3. The molecule has 4 heteroatoms. The number of halogens is 3. The lowest BCUT2D eigenvalue weighted by molar-refractivity contribution is 0.619. The highest BCUT2D eigenvalue weighted by Crippen LogP contribution is 2.30. The minimum absolute atomic E-state index is 0.276. The summed E-state index contributed by atoms with van der Waals surface area (Å²) in [5.74, 6) is -0.614. The predicted molar refractivity (Wildman–Crippen MR) is 84.0 cm³/mol. The number of hydrogen-bond acceptors (Lipinski definition) is 1. The minimum Gasteiger partial charge on any atom is -0.320 e. The molecular weight excluding hydrogens is 336 g/mol. The number of fused-ring (bicyclic) bond motifs is 1. The van der Waals surface area contributed by atoms with Gasteiger partial charge in [-0.25, -0.2) is 8.78 Å². The van der Waals surface area contributed by atoms with Crippen LogP contribution in [0.2, 0.25) is 0 Å². The first-order valence-electron chi connectivity index (χ1n) is 6.45. The summed E-state index contributed by atoms with van der Waals surface area (Å²) in [5.41, 5.74) is 7.86. The molecule has 2 N–H and O–H groups in total. The molecular formula is C17H12BrF2N. The van der Waals surface area contributed by atoms with Gasteiger partial charge in [0.1, 0.15) is 11.6 Å². The van der Waals surface area contributed by atoms with Crippen molar-refractivity contribution in [1.29, 1.82) is 0 Å². The molecule has 21 heavy (non-hydrogen) atoms. The molecule has 106 valence electrons. The molecule has 1 unspecified atom stereocenters. The third-order valence-electron chi connectivity index (χ3n) is 3.54. The number of rotatable bonds is 2. The summed E-state index contributed by atoms with van der Waals surface area (Å²) in [6.07, 6.45) is 0. The van der Waals surface area contributed by atoms with Crippen LogP contribution in [0.15, 0.2) is 59.1 Å². The smallest absolute Gasteiger partial charge is 0.137 e. The molecule has 0 amide bonds. The normalized spacial score (nSPS) is 12.6. The zero-order valence-electron chi connectivity index (χ0n) is 11.0. The third-order valence-corrected chi connectivity index (χ3v) is 4.15. The Labute approximate surface area is 129 Å². The average Bonchev–Trinajstić information content (AvgIpc) is 2.50. The monoisotopic (exact) mass is 347 g/mol. The van der Waals surface area contributed by atoms with Crippen molar-refractivity contribution in [3.63, 3.8) is 0 Å². The van der Waals surface area contributed by atoms with Gasteiger partial charge in [-0.3, -0.25) is 0 Å². The fourth-order valence-electron chi connectivity index (χ4n) is 2.44. The summed E-state index contributed by atoms with van der Waals surface area (Å²) in [6, 6.07) is 14.5. The van der Waals surface area contributed by atoms with Gasteiger partial charge in [-0.15, -0.1) is 0 Å². The van der Waals surface area contributed by atoms with Crippen LogP contribution in [0.3, 0.4) is 0 Å². The first-order chi connectivity index (χ1) is 10.1. The van der Waals surface area contributed by atoms with E-state index in [2.05, 4.69) is 15.9 Å². The van der Waals surface area contributed by atoms with Gasteiger partial charge >= 0.3 is 0 Å². The number of hydrogen-bond donors (Lipinski definition) is 1. The van der Waals surface area contributed by atoms with Gasteiger partial charge in [-0.05, 0) is 50.6 Å². The molecule has 0 saturated heterocycles. The van der Waals surface area contributed by atoms with Crippen molar-refractivity contribution in [1.82, 2.24) is 0 Å². The van der Waals surface area contributed by atoms with E-state index in [1.807, 2.05) is 12.1 Å². The molecule has 1 atom stereocenters. The topological polar surface area (TPSA) is 26.0 Å². The molecule has 0 heterocycles. The largest absolute Gasteiger partial charge is 0.320 e. The summed E-state index contributed by atoms with van der Waals surface area (Å²) < 4.78 is 27.5. The highest BCUT2D eigenvalue weighted by molar-refractivity contribution is 9.10. The highest BCUT2D eigenvalue weighted by Gasteiger charge is 2.15. The highest BCUT2D eigenvalue weighted by atomic mass is 79.9. The Hall–Kier alpha value is -1.78. The molecule has 0 aliphatic heterocycles. The Morgan fingerprint density at radius 3 is 2.24 bits per heavy atom.